The molecule has 170 valence electrons. The Hall–Kier alpha value is -2.95. The van der Waals surface area contributed by atoms with E-state index in [0.717, 1.165) is 54.6 Å². The molecule has 33 heavy (non-hydrogen) atoms. The van der Waals surface area contributed by atoms with E-state index in [1.807, 2.05) is 42.9 Å². The lowest BCUT2D eigenvalue weighted by Crippen LogP contribution is -2.43. The summed E-state index contributed by atoms with van der Waals surface area (Å²) < 4.78 is 3.18. The van der Waals surface area contributed by atoms with Crippen molar-refractivity contribution in [1.29, 1.82) is 5.26 Å². The van der Waals surface area contributed by atoms with Gasteiger partial charge in [-0.25, -0.2) is 4.98 Å². The van der Waals surface area contributed by atoms with Crippen molar-refractivity contribution in [2.24, 2.45) is 5.92 Å². The number of carbonyl (C=O) groups excluding carboxylic acids is 1. The van der Waals surface area contributed by atoms with Crippen LogP contribution in [0.3, 0.4) is 0 Å². The smallest absolute Gasteiger partial charge is 0.224 e. The molecular weight excluding hydrogens is 478 g/mol. The van der Waals surface area contributed by atoms with Gasteiger partial charge in [0, 0.05) is 49.0 Å². The van der Waals surface area contributed by atoms with Gasteiger partial charge in [-0.1, -0.05) is 40.2 Å². The molecule has 1 aliphatic heterocycles. The van der Waals surface area contributed by atoms with Crippen LogP contribution in [0.5, 0.6) is 0 Å². The number of rotatable bonds is 8. The van der Waals surface area contributed by atoms with E-state index in [1.165, 1.54) is 5.56 Å². The molecule has 1 fully saturated rings. The lowest BCUT2D eigenvalue weighted by molar-refractivity contribution is -0.126. The second-order valence-corrected chi connectivity index (χ2v) is 9.48. The first kappa shape index (κ1) is 23.2. The third kappa shape index (κ3) is 6.53. The maximum atomic E-state index is 12.8. The lowest BCUT2D eigenvalue weighted by atomic mass is 9.96. The number of nitrogens with zero attached hydrogens (tertiary/aromatic N) is 4. The number of nitrogens with one attached hydrogen (secondary N) is 1. The minimum absolute atomic E-state index is 0.0365. The molecule has 1 aliphatic rings. The van der Waals surface area contributed by atoms with Gasteiger partial charge in [0.25, 0.3) is 0 Å². The van der Waals surface area contributed by atoms with Gasteiger partial charge in [0.2, 0.25) is 5.91 Å². The van der Waals surface area contributed by atoms with Crippen molar-refractivity contribution in [1.82, 2.24) is 19.8 Å². The molecule has 1 amide bonds. The molecule has 1 N–H and O–H groups in total. The highest BCUT2D eigenvalue weighted by molar-refractivity contribution is 9.10. The monoisotopic (exact) mass is 505 g/mol. The number of piperidine rings is 1. The van der Waals surface area contributed by atoms with Crippen molar-refractivity contribution in [2.75, 3.05) is 19.6 Å². The van der Waals surface area contributed by atoms with Gasteiger partial charge in [0.1, 0.15) is 0 Å². The van der Waals surface area contributed by atoms with Crippen LogP contribution in [0.2, 0.25) is 0 Å². The average molecular weight is 506 g/mol. The molecular formula is C26H28BrN5O. The highest BCUT2D eigenvalue weighted by Crippen LogP contribution is 2.20. The van der Waals surface area contributed by atoms with Crippen molar-refractivity contribution < 1.29 is 4.79 Å². The van der Waals surface area contributed by atoms with Crippen molar-refractivity contribution in [3.05, 3.63) is 87.9 Å². The van der Waals surface area contributed by atoms with Gasteiger partial charge in [-0.3, -0.25) is 9.69 Å². The second-order valence-electron chi connectivity index (χ2n) is 8.57. The standard InChI is InChI=1S/C26H28BrN5O/c27-24-5-1-3-22(13-24)16-31-12-2-4-23(18-31)26(33)30-11-10-25-15-29-19-32(25)17-21-8-6-20(14-28)7-9-21/h1,3,5-9,13,15,19,23H,2,4,10-12,16-18H2,(H,30,33)/t23-/m0/s1. The fraction of sp³-hybridized carbons (Fsp3) is 0.346. The minimum atomic E-state index is 0.0365. The van der Waals surface area contributed by atoms with E-state index in [1.54, 1.807) is 0 Å². The Morgan fingerprint density at radius 3 is 2.82 bits per heavy atom. The Morgan fingerprint density at radius 1 is 1.18 bits per heavy atom. The molecule has 0 bridgehead atoms. The summed E-state index contributed by atoms with van der Waals surface area (Å²) in [5, 5.41) is 12.1. The van der Waals surface area contributed by atoms with Gasteiger partial charge in [-0.2, -0.15) is 5.26 Å². The van der Waals surface area contributed by atoms with E-state index >= 15 is 0 Å². The maximum Gasteiger partial charge on any atom is 0.224 e. The highest BCUT2D eigenvalue weighted by Gasteiger charge is 2.25. The Bertz CT molecular complexity index is 1120. The van der Waals surface area contributed by atoms with Crippen LogP contribution >= 0.6 is 15.9 Å². The van der Waals surface area contributed by atoms with Crippen molar-refractivity contribution in [3.63, 3.8) is 0 Å². The predicted molar refractivity (Wildman–Crippen MR) is 131 cm³/mol. The molecule has 2 heterocycles. The summed E-state index contributed by atoms with van der Waals surface area (Å²) in [7, 11) is 0. The number of likely N-dealkylation sites (tertiary alicyclic amines) is 1. The number of hydrogen-bond acceptors (Lipinski definition) is 4. The molecule has 6 nitrogen and oxygen atoms in total. The van der Waals surface area contributed by atoms with E-state index in [0.29, 0.717) is 18.7 Å². The lowest BCUT2D eigenvalue weighted by Gasteiger charge is -2.32. The first-order valence-electron chi connectivity index (χ1n) is 11.3. The van der Waals surface area contributed by atoms with Crippen molar-refractivity contribution >= 4 is 21.8 Å². The van der Waals surface area contributed by atoms with Crippen LogP contribution in [0.25, 0.3) is 0 Å². The zero-order valence-electron chi connectivity index (χ0n) is 18.6. The first-order chi connectivity index (χ1) is 16.1. The fourth-order valence-corrected chi connectivity index (χ4v) is 4.79. The molecule has 1 saturated heterocycles. The van der Waals surface area contributed by atoms with E-state index in [4.69, 9.17) is 5.26 Å². The Labute approximate surface area is 203 Å². The SMILES string of the molecule is N#Cc1ccc(Cn2cncc2CCNC(=O)[C@H]2CCCN(Cc3cccc(Br)c3)C2)cc1. The van der Waals surface area contributed by atoms with Crippen LogP contribution in [0.1, 0.15) is 35.2 Å². The molecule has 4 rings (SSSR count). The topological polar surface area (TPSA) is 74.0 Å². The van der Waals surface area contributed by atoms with Gasteiger partial charge in [0.05, 0.1) is 23.9 Å². The second kappa shape index (κ2) is 11.3. The third-order valence-corrected chi connectivity index (χ3v) is 6.58. The molecule has 0 aliphatic carbocycles. The maximum absolute atomic E-state index is 12.8. The van der Waals surface area contributed by atoms with Gasteiger partial charge in [-0.05, 0) is 54.8 Å². The number of nitriles is 1. The molecule has 0 spiro atoms. The number of hydrogen-bond donors (Lipinski definition) is 1. The van der Waals surface area contributed by atoms with Crippen LogP contribution in [-0.2, 0) is 24.3 Å². The van der Waals surface area contributed by atoms with Gasteiger partial charge in [-0.15, -0.1) is 0 Å². The van der Waals surface area contributed by atoms with Crippen LogP contribution in [-0.4, -0.2) is 40.0 Å². The van der Waals surface area contributed by atoms with E-state index < -0.39 is 0 Å². The Kier molecular flexibility index (Phi) is 7.92. The Morgan fingerprint density at radius 2 is 2.03 bits per heavy atom. The van der Waals surface area contributed by atoms with Crippen LogP contribution in [0.15, 0.2) is 65.5 Å². The van der Waals surface area contributed by atoms with Crippen LogP contribution in [0.4, 0.5) is 0 Å². The summed E-state index contributed by atoms with van der Waals surface area (Å²) >= 11 is 3.54. The number of imidazole rings is 1. The quantitative estimate of drug-likeness (QED) is 0.499. The van der Waals surface area contributed by atoms with E-state index in [-0.39, 0.29) is 11.8 Å². The van der Waals surface area contributed by atoms with Crippen LogP contribution < -0.4 is 5.32 Å². The number of amides is 1. The molecule has 3 aromatic rings. The van der Waals surface area contributed by atoms with Gasteiger partial charge < -0.3 is 9.88 Å². The Balaban J connectivity index is 1.25. The third-order valence-electron chi connectivity index (χ3n) is 6.09. The van der Waals surface area contributed by atoms with Gasteiger partial charge >= 0.3 is 0 Å². The van der Waals surface area contributed by atoms with E-state index in [9.17, 15) is 4.79 Å². The zero-order chi connectivity index (χ0) is 23.0. The number of halogens is 1. The molecule has 7 heteroatoms. The number of carbonyl (C=O) groups is 1. The predicted octanol–water partition coefficient (Wildman–Crippen LogP) is 4.14. The van der Waals surface area contributed by atoms with E-state index in [2.05, 4.69) is 60.0 Å². The van der Waals surface area contributed by atoms with Crippen LogP contribution in [0, 0.1) is 17.2 Å². The first-order valence-corrected chi connectivity index (χ1v) is 12.1. The summed E-state index contributed by atoms with van der Waals surface area (Å²) in [6.45, 7) is 4.00. The van der Waals surface area contributed by atoms with Crippen molar-refractivity contribution in [2.45, 2.75) is 32.4 Å². The molecule has 0 saturated carbocycles. The summed E-state index contributed by atoms with van der Waals surface area (Å²) in [6, 6.07) is 18.1. The highest BCUT2D eigenvalue weighted by atomic mass is 79.9. The fourth-order valence-electron chi connectivity index (χ4n) is 4.34. The molecule has 0 radical (unpaired) electrons. The zero-order valence-corrected chi connectivity index (χ0v) is 20.2. The number of aromatic nitrogens is 2. The molecule has 1 atom stereocenters. The summed E-state index contributed by atoms with van der Waals surface area (Å²) in [5.41, 5.74) is 4.12. The normalized spacial score (nSPS) is 16.3. The molecule has 0 unspecified atom stereocenters. The molecule has 1 aromatic heterocycles. The minimum Gasteiger partial charge on any atom is -0.355 e. The number of benzene rings is 2. The summed E-state index contributed by atoms with van der Waals surface area (Å²) in [5.74, 6) is 0.182. The summed E-state index contributed by atoms with van der Waals surface area (Å²) in [4.78, 5) is 19.5. The average Bonchev–Trinajstić information content (AvgIpc) is 3.26. The van der Waals surface area contributed by atoms with Gasteiger partial charge in [0.15, 0.2) is 0 Å². The summed E-state index contributed by atoms with van der Waals surface area (Å²) in [6.07, 6.45) is 6.39. The largest absolute Gasteiger partial charge is 0.355 e. The van der Waals surface area contributed by atoms with Crippen molar-refractivity contribution in [3.8, 4) is 6.07 Å². The molecule has 2 aromatic carbocycles.